The molecule has 1 heterocycles. The van der Waals surface area contributed by atoms with Gasteiger partial charge in [0.25, 0.3) is 5.69 Å². The second-order valence-corrected chi connectivity index (χ2v) is 8.65. The maximum absolute atomic E-state index is 12.8. The number of nitro groups is 1. The van der Waals surface area contributed by atoms with Crippen molar-refractivity contribution in [1.29, 1.82) is 0 Å². The van der Waals surface area contributed by atoms with Gasteiger partial charge in [-0.25, -0.2) is 4.79 Å². The van der Waals surface area contributed by atoms with E-state index >= 15 is 0 Å². The van der Waals surface area contributed by atoms with Crippen molar-refractivity contribution in [3.05, 3.63) is 74.7 Å². The number of nitro benzene ring substituents is 1. The highest BCUT2D eigenvalue weighted by atomic mass is 32.1. The molecular weight excluding hydrogens is 484 g/mol. The second-order valence-electron chi connectivity index (χ2n) is 7.43. The minimum absolute atomic E-state index is 0.0612. The molecule has 0 spiro atoms. The van der Waals surface area contributed by atoms with Crippen LogP contribution in [0.5, 0.6) is 11.5 Å². The molecule has 0 saturated carbocycles. The zero-order valence-electron chi connectivity index (χ0n) is 20.3. The number of nitrogens with zero attached hydrogens (tertiary/aromatic N) is 1. The summed E-state index contributed by atoms with van der Waals surface area (Å²) in [4.78, 5) is 36.9. The van der Waals surface area contributed by atoms with Crippen LogP contribution < -0.4 is 14.8 Å². The Morgan fingerprint density at radius 3 is 2.42 bits per heavy atom. The number of non-ortho nitro benzene ring substituents is 1. The summed E-state index contributed by atoms with van der Waals surface area (Å²) in [6.45, 7) is 6.03. The minimum atomic E-state index is -0.592. The van der Waals surface area contributed by atoms with Crippen LogP contribution in [0.15, 0.2) is 48.5 Å². The maximum atomic E-state index is 12.8. The van der Waals surface area contributed by atoms with Crippen molar-refractivity contribution < 1.29 is 28.7 Å². The van der Waals surface area contributed by atoms with Crippen molar-refractivity contribution in [1.82, 2.24) is 0 Å². The lowest BCUT2D eigenvalue weighted by molar-refractivity contribution is -0.384. The van der Waals surface area contributed by atoms with Gasteiger partial charge in [0.05, 0.1) is 25.2 Å². The molecule has 0 atom stereocenters. The van der Waals surface area contributed by atoms with Crippen LogP contribution in [-0.4, -0.2) is 37.1 Å². The van der Waals surface area contributed by atoms with E-state index < -0.39 is 16.8 Å². The minimum Gasteiger partial charge on any atom is -0.493 e. The number of hydrogen-bond donors (Lipinski definition) is 1. The van der Waals surface area contributed by atoms with Gasteiger partial charge < -0.3 is 19.5 Å². The lowest BCUT2D eigenvalue weighted by atomic mass is 10.0. The van der Waals surface area contributed by atoms with Crippen LogP contribution in [0.4, 0.5) is 10.7 Å². The molecular formula is C26H26N2O7S. The Bertz CT molecular complexity index is 1300. The first-order valence-electron chi connectivity index (χ1n) is 11.1. The molecule has 0 aliphatic rings. The van der Waals surface area contributed by atoms with Crippen molar-refractivity contribution in [3.8, 4) is 22.6 Å². The lowest BCUT2D eigenvalue weighted by Crippen LogP contribution is -2.12. The maximum Gasteiger partial charge on any atom is 0.341 e. The summed E-state index contributed by atoms with van der Waals surface area (Å²) >= 11 is 1.23. The fraction of sp³-hybridized carbons (Fsp3) is 0.231. The average molecular weight is 511 g/mol. The third-order valence-corrected chi connectivity index (χ3v) is 6.10. The first kappa shape index (κ1) is 26.4. The van der Waals surface area contributed by atoms with Crippen LogP contribution >= 0.6 is 11.3 Å². The number of carbonyl (C=O) groups excluding carboxylic acids is 2. The fourth-order valence-corrected chi connectivity index (χ4v) is 4.58. The van der Waals surface area contributed by atoms with Gasteiger partial charge in [0.15, 0.2) is 11.5 Å². The number of carbonyl (C=O) groups is 2. The van der Waals surface area contributed by atoms with E-state index in [2.05, 4.69) is 5.32 Å². The van der Waals surface area contributed by atoms with Crippen molar-refractivity contribution >= 4 is 40.0 Å². The van der Waals surface area contributed by atoms with Gasteiger partial charge in [-0.2, -0.15) is 0 Å². The number of esters is 1. The highest BCUT2D eigenvalue weighted by Crippen LogP contribution is 2.41. The smallest absolute Gasteiger partial charge is 0.341 e. The molecule has 0 unspecified atom stereocenters. The van der Waals surface area contributed by atoms with Gasteiger partial charge in [0.2, 0.25) is 5.91 Å². The second kappa shape index (κ2) is 12.0. The summed E-state index contributed by atoms with van der Waals surface area (Å²) in [7, 11) is 1.54. The fourth-order valence-electron chi connectivity index (χ4n) is 3.52. The van der Waals surface area contributed by atoms with Crippen LogP contribution in [0.2, 0.25) is 0 Å². The van der Waals surface area contributed by atoms with Crippen molar-refractivity contribution in [2.45, 2.75) is 20.8 Å². The van der Waals surface area contributed by atoms with E-state index in [0.717, 1.165) is 10.4 Å². The molecule has 1 N–H and O–H groups in total. The Kier molecular flexibility index (Phi) is 8.80. The van der Waals surface area contributed by atoms with Gasteiger partial charge in [-0.3, -0.25) is 14.9 Å². The predicted molar refractivity (Wildman–Crippen MR) is 139 cm³/mol. The third kappa shape index (κ3) is 6.08. The topological polar surface area (TPSA) is 117 Å². The standard InChI is InChI=1S/C26H26N2O7S/c1-5-34-20-13-7-17(15-21(20)33-4)8-14-22(29)27-25-24(26(30)35-6-2)23(16(3)36-25)18-9-11-19(12-10-18)28(31)32/h7-15H,5-6H2,1-4H3,(H,27,29)/b14-8+. The summed E-state index contributed by atoms with van der Waals surface area (Å²) in [6.07, 6.45) is 2.97. The molecule has 0 aliphatic carbocycles. The predicted octanol–water partition coefficient (Wildman–Crippen LogP) is 5.87. The van der Waals surface area contributed by atoms with E-state index in [0.29, 0.717) is 34.2 Å². The van der Waals surface area contributed by atoms with Crippen molar-refractivity contribution in [3.63, 3.8) is 0 Å². The van der Waals surface area contributed by atoms with Gasteiger partial charge in [0, 0.05) is 28.6 Å². The Hall–Kier alpha value is -4.18. The number of anilines is 1. The van der Waals surface area contributed by atoms with Crippen LogP contribution in [0.3, 0.4) is 0 Å². The number of amides is 1. The van der Waals surface area contributed by atoms with E-state index in [4.69, 9.17) is 14.2 Å². The Morgan fingerprint density at radius 2 is 1.81 bits per heavy atom. The molecule has 0 saturated heterocycles. The summed E-state index contributed by atoms with van der Waals surface area (Å²) in [5.74, 6) is 0.120. The van der Waals surface area contributed by atoms with Gasteiger partial charge in [-0.05, 0) is 62.2 Å². The molecule has 3 aromatic rings. The zero-order chi connectivity index (χ0) is 26.2. The SMILES string of the molecule is CCOC(=O)c1c(NC(=O)/C=C/c2ccc(OCC)c(OC)c2)sc(C)c1-c1ccc([N+](=O)[O-])cc1. The first-order chi connectivity index (χ1) is 17.3. The van der Waals surface area contributed by atoms with E-state index in [-0.39, 0.29) is 17.9 Å². The Morgan fingerprint density at radius 1 is 1.08 bits per heavy atom. The normalized spacial score (nSPS) is 10.8. The molecule has 1 aromatic heterocycles. The largest absolute Gasteiger partial charge is 0.493 e. The van der Waals surface area contributed by atoms with Crippen LogP contribution in [0.1, 0.15) is 34.6 Å². The van der Waals surface area contributed by atoms with Gasteiger partial charge >= 0.3 is 5.97 Å². The van der Waals surface area contributed by atoms with Gasteiger partial charge in [0.1, 0.15) is 10.6 Å². The number of ether oxygens (including phenoxy) is 3. The molecule has 188 valence electrons. The van der Waals surface area contributed by atoms with Crippen LogP contribution in [0, 0.1) is 17.0 Å². The van der Waals surface area contributed by atoms with Gasteiger partial charge in [-0.1, -0.05) is 6.07 Å². The average Bonchev–Trinajstić information content (AvgIpc) is 3.19. The summed E-state index contributed by atoms with van der Waals surface area (Å²) in [6, 6.07) is 11.2. The molecule has 0 aliphatic heterocycles. The molecule has 36 heavy (non-hydrogen) atoms. The van der Waals surface area contributed by atoms with Gasteiger partial charge in [-0.15, -0.1) is 11.3 Å². The number of methoxy groups -OCH3 is 1. The summed E-state index contributed by atoms with van der Waals surface area (Å²) < 4.78 is 16.1. The highest BCUT2D eigenvalue weighted by Gasteiger charge is 2.25. The molecule has 10 heteroatoms. The molecule has 2 aromatic carbocycles. The molecule has 9 nitrogen and oxygen atoms in total. The number of hydrogen-bond acceptors (Lipinski definition) is 8. The van der Waals surface area contributed by atoms with Crippen LogP contribution in [0.25, 0.3) is 17.2 Å². The molecule has 1 amide bonds. The Balaban J connectivity index is 1.90. The molecule has 0 fully saturated rings. The molecule has 0 radical (unpaired) electrons. The monoisotopic (exact) mass is 510 g/mol. The zero-order valence-corrected chi connectivity index (χ0v) is 21.1. The van der Waals surface area contributed by atoms with E-state index in [9.17, 15) is 19.7 Å². The van der Waals surface area contributed by atoms with E-state index in [1.54, 1.807) is 43.3 Å². The third-order valence-electron chi connectivity index (χ3n) is 5.08. The molecule has 3 rings (SSSR count). The van der Waals surface area contributed by atoms with E-state index in [1.807, 2.05) is 13.8 Å². The quantitative estimate of drug-likeness (QED) is 0.157. The first-order valence-corrected chi connectivity index (χ1v) is 12.0. The lowest BCUT2D eigenvalue weighted by Gasteiger charge is -2.09. The summed E-state index contributed by atoms with van der Waals surface area (Å²) in [5, 5.41) is 14.1. The number of benzene rings is 2. The van der Waals surface area contributed by atoms with Crippen molar-refractivity contribution in [2.24, 2.45) is 0 Å². The summed E-state index contributed by atoms with van der Waals surface area (Å²) in [5.41, 5.74) is 2.04. The van der Waals surface area contributed by atoms with Crippen LogP contribution in [-0.2, 0) is 9.53 Å². The number of nitrogens with one attached hydrogen (secondary N) is 1. The number of aryl methyl sites for hydroxylation is 1. The number of rotatable bonds is 10. The Labute approximate surface area is 212 Å². The highest BCUT2D eigenvalue weighted by molar-refractivity contribution is 7.17. The molecule has 0 bridgehead atoms. The van der Waals surface area contributed by atoms with Crippen molar-refractivity contribution in [2.75, 3.05) is 25.6 Å². The van der Waals surface area contributed by atoms with E-state index in [1.165, 1.54) is 36.7 Å². The number of thiophene rings is 1.